The summed E-state index contributed by atoms with van der Waals surface area (Å²) in [5.41, 5.74) is 6.03. The van der Waals surface area contributed by atoms with Gasteiger partial charge in [-0.1, -0.05) is 6.92 Å². The van der Waals surface area contributed by atoms with Gasteiger partial charge < -0.3 is 15.4 Å². The number of ether oxygens (including phenoxy) is 1. The lowest BCUT2D eigenvalue weighted by Crippen LogP contribution is -2.46. The fourth-order valence-corrected chi connectivity index (χ4v) is 1.87. The summed E-state index contributed by atoms with van der Waals surface area (Å²) in [5.74, 6) is 1.48. The van der Waals surface area contributed by atoms with Crippen molar-refractivity contribution in [3.05, 3.63) is 0 Å². The predicted molar refractivity (Wildman–Crippen MR) is 67.5 cm³/mol. The minimum Gasteiger partial charge on any atom is -0.383 e. The van der Waals surface area contributed by atoms with Gasteiger partial charge in [-0.3, -0.25) is 4.99 Å². The highest BCUT2D eigenvalue weighted by molar-refractivity contribution is 5.78. The Labute approximate surface area is 98.9 Å². The standard InChI is InChI=1S/C12H25N3O/c1-4-7-14-12(13)15(8-9-16-3)10(2)11-5-6-11/h10-11H,4-9H2,1-3H3,(H2,13,14). The topological polar surface area (TPSA) is 50.8 Å². The van der Waals surface area contributed by atoms with E-state index in [1.165, 1.54) is 12.8 Å². The molecule has 0 bridgehead atoms. The van der Waals surface area contributed by atoms with Crippen molar-refractivity contribution < 1.29 is 4.74 Å². The van der Waals surface area contributed by atoms with Gasteiger partial charge in [-0.2, -0.15) is 0 Å². The van der Waals surface area contributed by atoms with E-state index in [0.29, 0.717) is 18.6 Å². The van der Waals surface area contributed by atoms with Crippen molar-refractivity contribution in [3.63, 3.8) is 0 Å². The number of methoxy groups -OCH3 is 1. The van der Waals surface area contributed by atoms with E-state index in [1.54, 1.807) is 7.11 Å². The van der Waals surface area contributed by atoms with Gasteiger partial charge in [-0.05, 0) is 32.1 Å². The molecular formula is C12H25N3O. The Kier molecular flexibility index (Phi) is 5.60. The second-order valence-corrected chi connectivity index (χ2v) is 4.50. The van der Waals surface area contributed by atoms with E-state index in [2.05, 4.69) is 23.7 Å². The maximum absolute atomic E-state index is 6.03. The van der Waals surface area contributed by atoms with Gasteiger partial charge in [0.25, 0.3) is 0 Å². The molecule has 0 aliphatic heterocycles. The minimum atomic E-state index is 0.496. The monoisotopic (exact) mass is 227 g/mol. The molecule has 0 radical (unpaired) electrons. The number of rotatable bonds is 7. The molecule has 0 aromatic heterocycles. The van der Waals surface area contributed by atoms with Gasteiger partial charge in [0.15, 0.2) is 5.96 Å². The lowest BCUT2D eigenvalue weighted by molar-refractivity contribution is 0.158. The number of aliphatic imine (C=N–C) groups is 1. The van der Waals surface area contributed by atoms with Crippen LogP contribution in [0.3, 0.4) is 0 Å². The second-order valence-electron chi connectivity index (χ2n) is 4.50. The first-order valence-electron chi connectivity index (χ1n) is 6.26. The van der Waals surface area contributed by atoms with Crippen LogP contribution in [0.5, 0.6) is 0 Å². The summed E-state index contributed by atoms with van der Waals surface area (Å²) in [6.45, 7) is 6.71. The molecule has 1 saturated carbocycles. The number of hydrogen-bond donors (Lipinski definition) is 1. The van der Waals surface area contributed by atoms with Crippen LogP contribution in [-0.2, 0) is 4.74 Å². The van der Waals surface area contributed by atoms with Gasteiger partial charge in [0.1, 0.15) is 0 Å². The molecule has 0 amide bonds. The average Bonchev–Trinajstić information content (AvgIpc) is 3.10. The van der Waals surface area contributed by atoms with Crippen LogP contribution in [-0.4, -0.2) is 43.7 Å². The summed E-state index contributed by atoms with van der Waals surface area (Å²) in [6, 6.07) is 0.496. The third-order valence-corrected chi connectivity index (χ3v) is 3.12. The average molecular weight is 227 g/mol. The fraction of sp³-hybridized carbons (Fsp3) is 0.917. The van der Waals surface area contributed by atoms with Crippen molar-refractivity contribution in [2.75, 3.05) is 26.8 Å². The maximum Gasteiger partial charge on any atom is 0.191 e. The maximum atomic E-state index is 6.03. The zero-order chi connectivity index (χ0) is 12.0. The van der Waals surface area contributed by atoms with Crippen LogP contribution in [0.2, 0.25) is 0 Å². The number of nitrogens with zero attached hydrogens (tertiary/aromatic N) is 2. The van der Waals surface area contributed by atoms with Crippen LogP contribution in [0.25, 0.3) is 0 Å². The molecule has 2 N–H and O–H groups in total. The largest absolute Gasteiger partial charge is 0.383 e. The zero-order valence-electron chi connectivity index (χ0n) is 10.8. The summed E-state index contributed by atoms with van der Waals surface area (Å²) < 4.78 is 5.13. The first-order chi connectivity index (χ1) is 7.70. The molecule has 0 aromatic rings. The first-order valence-corrected chi connectivity index (χ1v) is 6.26. The van der Waals surface area contributed by atoms with E-state index in [-0.39, 0.29) is 0 Å². The highest BCUT2D eigenvalue weighted by Gasteiger charge is 2.32. The summed E-state index contributed by atoms with van der Waals surface area (Å²) >= 11 is 0. The van der Waals surface area contributed by atoms with E-state index >= 15 is 0 Å². The van der Waals surface area contributed by atoms with E-state index in [0.717, 1.165) is 25.4 Å². The van der Waals surface area contributed by atoms with Gasteiger partial charge in [0.05, 0.1) is 6.61 Å². The van der Waals surface area contributed by atoms with Crippen molar-refractivity contribution >= 4 is 5.96 Å². The van der Waals surface area contributed by atoms with Crippen LogP contribution >= 0.6 is 0 Å². The number of hydrogen-bond acceptors (Lipinski definition) is 2. The molecule has 0 aromatic carbocycles. The number of guanidine groups is 1. The second kappa shape index (κ2) is 6.74. The Morgan fingerprint density at radius 2 is 2.25 bits per heavy atom. The minimum absolute atomic E-state index is 0.496. The van der Waals surface area contributed by atoms with E-state index in [1.807, 2.05) is 0 Å². The first kappa shape index (κ1) is 13.3. The predicted octanol–water partition coefficient (Wildman–Crippen LogP) is 1.46. The van der Waals surface area contributed by atoms with Crippen molar-refractivity contribution in [1.29, 1.82) is 0 Å². The van der Waals surface area contributed by atoms with Gasteiger partial charge in [0.2, 0.25) is 0 Å². The van der Waals surface area contributed by atoms with E-state index < -0.39 is 0 Å². The molecule has 4 heteroatoms. The molecule has 0 spiro atoms. The van der Waals surface area contributed by atoms with Crippen molar-refractivity contribution in [3.8, 4) is 0 Å². The zero-order valence-corrected chi connectivity index (χ0v) is 10.8. The quantitative estimate of drug-likeness (QED) is 0.529. The summed E-state index contributed by atoms with van der Waals surface area (Å²) in [4.78, 5) is 6.58. The highest BCUT2D eigenvalue weighted by Crippen LogP contribution is 2.34. The van der Waals surface area contributed by atoms with Gasteiger partial charge in [-0.15, -0.1) is 0 Å². The Bertz CT molecular complexity index is 226. The molecule has 94 valence electrons. The third kappa shape index (κ3) is 4.00. The Balaban J connectivity index is 2.53. The van der Waals surface area contributed by atoms with E-state index in [4.69, 9.17) is 10.5 Å². The molecular weight excluding hydrogens is 202 g/mol. The molecule has 16 heavy (non-hydrogen) atoms. The fourth-order valence-electron chi connectivity index (χ4n) is 1.87. The molecule has 1 aliphatic rings. The Morgan fingerprint density at radius 3 is 2.75 bits per heavy atom. The summed E-state index contributed by atoms with van der Waals surface area (Å²) in [5, 5.41) is 0. The molecule has 1 atom stereocenters. The molecule has 0 saturated heterocycles. The highest BCUT2D eigenvalue weighted by atomic mass is 16.5. The molecule has 1 rings (SSSR count). The van der Waals surface area contributed by atoms with Crippen LogP contribution in [0.4, 0.5) is 0 Å². The molecule has 1 fully saturated rings. The Hall–Kier alpha value is -0.770. The van der Waals surface area contributed by atoms with E-state index in [9.17, 15) is 0 Å². The van der Waals surface area contributed by atoms with Gasteiger partial charge >= 0.3 is 0 Å². The van der Waals surface area contributed by atoms with Crippen molar-refractivity contribution in [1.82, 2.24) is 4.90 Å². The van der Waals surface area contributed by atoms with Crippen LogP contribution in [0, 0.1) is 5.92 Å². The molecule has 1 unspecified atom stereocenters. The SMILES string of the molecule is CCCN=C(N)N(CCOC)C(C)C1CC1. The smallest absolute Gasteiger partial charge is 0.191 e. The van der Waals surface area contributed by atoms with Crippen LogP contribution < -0.4 is 5.73 Å². The lowest BCUT2D eigenvalue weighted by atomic mass is 10.2. The normalized spacial score (nSPS) is 18.6. The summed E-state index contributed by atoms with van der Waals surface area (Å²) in [6.07, 6.45) is 3.69. The lowest BCUT2D eigenvalue weighted by Gasteiger charge is -2.30. The Morgan fingerprint density at radius 1 is 1.56 bits per heavy atom. The van der Waals surface area contributed by atoms with Crippen LogP contribution in [0.1, 0.15) is 33.1 Å². The molecule has 4 nitrogen and oxygen atoms in total. The number of nitrogens with two attached hydrogens (primary N) is 1. The molecule has 0 heterocycles. The van der Waals surface area contributed by atoms with Crippen molar-refractivity contribution in [2.24, 2.45) is 16.6 Å². The summed E-state index contributed by atoms with van der Waals surface area (Å²) in [7, 11) is 1.72. The van der Waals surface area contributed by atoms with Crippen LogP contribution in [0.15, 0.2) is 4.99 Å². The third-order valence-electron chi connectivity index (χ3n) is 3.12. The molecule has 1 aliphatic carbocycles. The van der Waals surface area contributed by atoms with Crippen molar-refractivity contribution in [2.45, 2.75) is 39.2 Å². The van der Waals surface area contributed by atoms with Gasteiger partial charge in [0, 0.05) is 26.2 Å². The van der Waals surface area contributed by atoms with Gasteiger partial charge in [-0.25, -0.2) is 0 Å².